The Morgan fingerprint density at radius 2 is 1.88 bits per heavy atom. The van der Waals surface area contributed by atoms with Crippen LogP contribution in [-0.4, -0.2) is 34.4 Å². The molecule has 3 nitrogen and oxygen atoms in total. The fourth-order valence-corrected chi connectivity index (χ4v) is 1.72. The van der Waals surface area contributed by atoms with Gasteiger partial charge in [-0.2, -0.15) is 0 Å². The van der Waals surface area contributed by atoms with E-state index in [0.717, 1.165) is 19.7 Å². The van der Waals surface area contributed by atoms with Gasteiger partial charge in [0.2, 0.25) is 0 Å². The Labute approximate surface area is 105 Å². The first-order valence-electron chi connectivity index (χ1n) is 6.09. The second kappa shape index (κ2) is 7.30. The summed E-state index contributed by atoms with van der Waals surface area (Å²) in [5.74, 6) is 0.557. The third-order valence-corrected chi connectivity index (χ3v) is 2.73. The van der Waals surface area contributed by atoms with E-state index in [-0.39, 0.29) is 0 Å². The highest BCUT2D eigenvalue weighted by molar-refractivity contribution is 5.45. The van der Waals surface area contributed by atoms with E-state index in [4.69, 9.17) is 4.74 Å². The van der Waals surface area contributed by atoms with Gasteiger partial charge in [-0.25, -0.2) is 0 Å². The molecule has 0 heterocycles. The number of nitrogens with zero attached hydrogens (tertiary/aromatic N) is 1. The topological polar surface area (TPSA) is 24.5 Å². The van der Waals surface area contributed by atoms with Crippen LogP contribution in [0.5, 0.6) is 0 Å². The quantitative estimate of drug-likeness (QED) is 0.785. The minimum atomic E-state index is 0.557. The Kier molecular flexibility index (Phi) is 6.01. The van der Waals surface area contributed by atoms with Crippen LogP contribution in [0.1, 0.15) is 12.5 Å². The van der Waals surface area contributed by atoms with Crippen molar-refractivity contribution in [2.45, 2.75) is 13.5 Å². The van der Waals surface area contributed by atoms with Crippen molar-refractivity contribution < 1.29 is 4.74 Å². The highest BCUT2D eigenvalue weighted by atomic mass is 16.5. The van der Waals surface area contributed by atoms with Gasteiger partial charge in [0.1, 0.15) is 0 Å². The molecule has 0 saturated carbocycles. The van der Waals surface area contributed by atoms with Gasteiger partial charge in [0.05, 0.1) is 0 Å². The van der Waals surface area contributed by atoms with Gasteiger partial charge in [0.25, 0.3) is 0 Å². The molecule has 0 amide bonds. The van der Waals surface area contributed by atoms with Gasteiger partial charge in [0.15, 0.2) is 0 Å². The molecule has 0 radical (unpaired) electrons. The van der Waals surface area contributed by atoms with Crippen LogP contribution in [0.4, 0.5) is 5.69 Å². The Hall–Kier alpha value is -1.06. The Morgan fingerprint density at radius 3 is 2.41 bits per heavy atom. The highest BCUT2D eigenvalue weighted by Crippen LogP contribution is 2.11. The van der Waals surface area contributed by atoms with Crippen LogP contribution in [0.15, 0.2) is 24.3 Å². The molecule has 3 heteroatoms. The molecule has 17 heavy (non-hydrogen) atoms. The maximum Gasteiger partial charge on any atom is 0.0499 e. The normalized spacial score (nSPS) is 12.5. The second-order valence-corrected chi connectivity index (χ2v) is 4.75. The smallest absolute Gasteiger partial charge is 0.0499 e. The summed E-state index contributed by atoms with van der Waals surface area (Å²) < 4.78 is 5.10. The van der Waals surface area contributed by atoms with E-state index in [1.165, 1.54) is 11.3 Å². The molecule has 1 rings (SSSR count). The molecule has 0 saturated heterocycles. The lowest BCUT2D eigenvalue weighted by molar-refractivity contribution is 0.158. The maximum atomic E-state index is 5.10. The fraction of sp³-hybridized carbons (Fsp3) is 0.571. The highest BCUT2D eigenvalue weighted by Gasteiger charge is 2.01. The Morgan fingerprint density at radius 1 is 1.24 bits per heavy atom. The van der Waals surface area contributed by atoms with E-state index in [2.05, 4.69) is 55.5 Å². The second-order valence-electron chi connectivity index (χ2n) is 4.75. The average Bonchev–Trinajstić information content (AvgIpc) is 2.30. The summed E-state index contributed by atoms with van der Waals surface area (Å²) in [6.45, 7) is 4.91. The molecule has 1 unspecified atom stereocenters. The molecule has 0 aliphatic rings. The lowest BCUT2D eigenvalue weighted by Crippen LogP contribution is -2.23. The first kappa shape index (κ1) is 14.0. The van der Waals surface area contributed by atoms with Crippen molar-refractivity contribution in [3.63, 3.8) is 0 Å². The summed E-state index contributed by atoms with van der Waals surface area (Å²) in [5.41, 5.74) is 2.56. The molecule has 0 bridgehead atoms. The molecule has 0 fully saturated rings. The van der Waals surface area contributed by atoms with Gasteiger partial charge in [0, 0.05) is 46.6 Å². The first-order chi connectivity index (χ1) is 8.13. The van der Waals surface area contributed by atoms with Crippen molar-refractivity contribution in [1.29, 1.82) is 0 Å². The van der Waals surface area contributed by atoms with Crippen LogP contribution in [0, 0.1) is 5.92 Å². The zero-order valence-corrected chi connectivity index (χ0v) is 11.4. The summed E-state index contributed by atoms with van der Waals surface area (Å²) >= 11 is 0. The van der Waals surface area contributed by atoms with Gasteiger partial charge >= 0.3 is 0 Å². The number of benzene rings is 1. The molecular weight excluding hydrogens is 212 g/mol. The number of methoxy groups -OCH3 is 1. The predicted octanol–water partition coefficient (Wildman–Crippen LogP) is 2.12. The van der Waals surface area contributed by atoms with Crippen molar-refractivity contribution in [2.24, 2.45) is 5.92 Å². The summed E-state index contributed by atoms with van der Waals surface area (Å²) in [6.07, 6.45) is 0. The molecule has 1 aromatic carbocycles. The van der Waals surface area contributed by atoms with E-state index in [0.29, 0.717) is 5.92 Å². The molecule has 0 spiro atoms. The minimum Gasteiger partial charge on any atom is -0.384 e. The van der Waals surface area contributed by atoms with Crippen LogP contribution in [0.3, 0.4) is 0 Å². The van der Waals surface area contributed by atoms with Crippen LogP contribution in [-0.2, 0) is 11.3 Å². The van der Waals surface area contributed by atoms with Crippen LogP contribution in [0.2, 0.25) is 0 Å². The summed E-state index contributed by atoms with van der Waals surface area (Å²) in [6, 6.07) is 8.64. The molecule has 96 valence electrons. The minimum absolute atomic E-state index is 0.557. The number of hydrogen-bond donors (Lipinski definition) is 1. The number of rotatable bonds is 7. The number of nitrogens with one attached hydrogen (secondary N) is 1. The Balaban J connectivity index is 2.32. The molecule has 0 aromatic heterocycles. The SMILES string of the molecule is COCC(C)CNCc1ccc(N(C)C)cc1. The zero-order chi connectivity index (χ0) is 12.7. The van der Waals surface area contributed by atoms with E-state index in [1.807, 2.05) is 0 Å². The van der Waals surface area contributed by atoms with Gasteiger partial charge in [-0.15, -0.1) is 0 Å². The van der Waals surface area contributed by atoms with Crippen molar-refractivity contribution in [3.05, 3.63) is 29.8 Å². The average molecular weight is 236 g/mol. The zero-order valence-electron chi connectivity index (χ0n) is 11.4. The Bertz CT molecular complexity index is 309. The lowest BCUT2D eigenvalue weighted by Gasteiger charge is -2.14. The molecular formula is C14H24N2O. The molecule has 0 aliphatic heterocycles. The van der Waals surface area contributed by atoms with E-state index in [9.17, 15) is 0 Å². The van der Waals surface area contributed by atoms with Gasteiger partial charge in [-0.3, -0.25) is 0 Å². The largest absolute Gasteiger partial charge is 0.384 e. The third kappa shape index (κ3) is 5.20. The maximum absolute atomic E-state index is 5.10. The summed E-state index contributed by atoms with van der Waals surface area (Å²) in [4.78, 5) is 2.11. The van der Waals surface area contributed by atoms with E-state index in [1.54, 1.807) is 7.11 Å². The molecule has 1 aromatic rings. The summed E-state index contributed by atoms with van der Waals surface area (Å²) in [7, 11) is 5.86. The van der Waals surface area contributed by atoms with Crippen LogP contribution in [0.25, 0.3) is 0 Å². The van der Waals surface area contributed by atoms with Gasteiger partial charge in [-0.1, -0.05) is 19.1 Å². The van der Waals surface area contributed by atoms with Crippen molar-refractivity contribution in [2.75, 3.05) is 39.3 Å². The summed E-state index contributed by atoms with van der Waals surface area (Å²) in [5, 5.41) is 3.44. The van der Waals surface area contributed by atoms with Crippen molar-refractivity contribution >= 4 is 5.69 Å². The molecule has 1 atom stereocenters. The molecule has 0 aliphatic carbocycles. The lowest BCUT2D eigenvalue weighted by atomic mass is 10.1. The monoisotopic (exact) mass is 236 g/mol. The van der Waals surface area contributed by atoms with E-state index >= 15 is 0 Å². The number of anilines is 1. The van der Waals surface area contributed by atoms with Gasteiger partial charge in [-0.05, 0) is 23.6 Å². The number of hydrogen-bond acceptors (Lipinski definition) is 3. The standard InChI is InChI=1S/C14H24N2O/c1-12(11-17-4)9-15-10-13-5-7-14(8-6-13)16(2)3/h5-8,12,15H,9-11H2,1-4H3. The van der Waals surface area contributed by atoms with Crippen LogP contribution >= 0.6 is 0 Å². The van der Waals surface area contributed by atoms with Crippen molar-refractivity contribution in [3.8, 4) is 0 Å². The van der Waals surface area contributed by atoms with E-state index < -0.39 is 0 Å². The fourth-order valence-electron chi connectivity index (χ4n) is 1.72. The third-order valence-electron chi connectivity index (χ3n) is 2.73. The van der Waals surface area contributed by atoms with Crippen LogP contribution < -0.4 is 10.2 Å². The van der Waals surface area contributed by atoms with Gasteiger partial charge < -0.3 is 15.0 Å². The predicted molar refractivity (Wildman–Crippen MR) is 73.5 cm³/mol. The first-order valence-corrected chi connectivity index (χ1v) is 6.09. The number of ether oxygens (including phenoxy) is 1. The van der Waals surface area contributed by atoms with Crippen molar-refractivity contribution in [1.82, 2.24) is 5.32 Å². The molecule has 1 N–H and O–H groups in total.